The second-order valence-electron chi connectivity index (χ2n) is 6.49. The van der Waals surface area contributed by atoms with Gasteiger partial charge in [-0.15, -0.1) is 10.2 Å². The molecule has 4 rings (SSSR count). The number of sulfone groups is 1. The maximum atomic E-state index is 12.7. The monoisotopic (exact) mass is 377 g/mol. The zero-order chi connectivity index (χ0) is 18.1. The van der Waals surface area contributed by atoms with Gasteiger partial charge in [0.2, 0.25) is 11.9 Å². The molecule has 138 valence electrons. The fraction of sp³-hybridized carbons (Fsp3) is 0.533. The molecule has 4 heterocycles. The predicted octanol–water partition coefficient (Wildman–Crippen LogP) is -1.03. The van der Waals surface area contributed by atoms with Crippen molar-refractivity contribution in [1.82, 2.24) is 29.6 Å². The lowest BCUT2D eigenvalue weighted by molar-refractivity contribution is -0.134. The van der Waals surface area contributed by atoms with Gasteiger partial charge in [0.25, 0.3) is 0 Å². The largest absolute Gasteiger partial charge is 0.335 e. The molecular weight excluding hydrogens is 358 g/mol. The summed E-state index contributed by atoms with van der Waals surface area (Å²) in [6, 6.07) is 1.04. The Morgan fingerprint density at radius 3 is 2.50 bits per heavy atom. The fourth-order valence-electron chi connectivity index (χ4n) is 3.66. The quantitative estimate of drug-likeness (QED) is 0.665. The average molecular weight is 377 g/mol. The van der Waals surface area contributed by atoms with Crippen LogP contribution in [0.3, 0.4) is 0 Å². The molecule has 1 amide bonds. The molecule has 2 fully saturated rings. The first-order chi connectivity index (χ1) is 12.5. The summed E-state index contributed by atoms with van der Waals surface area (Å²) in [5.41, 5.74) is 0. The summed E-state index contributed by atoms with van der Waals surface area (Å²) in [6.45, 7) is 1.44. The van der Waals surface area contributed by atoms with Crippen LogP contribution in [0, 0.1) is 0 Å². The molecule has 26 heavy (non-hydrogen) atoms. The van der Waals surface area contributed by atoms with Crippen LogP contribution in [0.5, 0.6) is 0 Å². The highest BCUT2D eigenvalue weighted by molar-refractivity contribution is 7.91. The molecule has 0 unspecified atom stereocenters. The Labute approximate surface area is 150 Å². The molecule has 2 aromatic heterocycles. The van der Waals surface area contributed by atoms with Gasteiger partial charge in [0.1, 0.15) is 12.7 Å². The van der Waals surface area contributed by atoms with Crippen LogP contribution in [-0.4, -0.2) is 80.6 Å². The molecule has 2 saturated heterocycles. The van der Waals surface area contributed by atoms with E-state index < -0.39 is 9.84 Å². The third-order valence-electron chi connectivity index (χ3n) is 4.86. The van der Waals surface area contributed by atoms with Crippen molar-refractivity contribution in [1.29, 1.82) is 0 Å². The van der Waals surface area contributed by atoms with Gasteiger partial charge in [0.05, 0.1) is 23.6 Å². The maximum absolute atomic E-state index is 12.7. The number of aromatic nitrogens is 5. The van der Waals surface area contributed by atoms with Crippen molar-refractivity contribution < 1.29 is 13.2 Å². The Balaban J connectivity index is 1.52. The summed E-state index contributed by atoms with van der Waals surface area (Å²) < 4.78 is 26.3. The van der Waals surface area contributed by atoms with E-state index in [9.17, 15) is 13.2 Å². The van der Waals surface area contributed by atoms with Crippen LogP contribution in [0.25, 0.3) is 0 Å². The highest BCUT2D eigenvalue weighted by atomic mass is 32.2. The standard InChI is InChI=1S/C15H19N7O3S/c23-14(2-5-20-10-18-19-11-20)21-6-7-22(15-16-3-1-4-17-15)13-9-26(24,25)8-12(13)21/h1,3-4,10-13H,2,5-9H2/t12-,13+/m0/s1. The lowest BCUT2D eigenvalue weighted by Crippen LogP contribution is -2.61. The summed E-state index contributed by atoms with van der Waals surface area (Å²) in [5.74, 6) is 0.459. The lowest BCUT2D eigenvalue weighted by atomic mass is 10.0. The maximum Gasteiger partial charge on any atom is 0.225 e. The zero-order valence-electron chi connectivity index (χ0n) is 14.0. The Morgan fingerprint density at radius 1 is 1.08 bits per heavy atom. The van der Waals surface area contributed by atoms with Gasteiger partial charge in [-0.3, -0.25) is 4.79 Å². The third-order valence-corrected chi connectivity index (χ3v) is 6.55. The van der Waals surface area contributed by atoms with Crippen LogP contribution in [0.4, 0.5) is 5.95 Å². The Bertz CT molecular complexity index is 872. The Morgan fingerprint density at radius 2 is 1.77 bits per heavy atom. The number of rotatable bonds is 4. The Hall–Kier alpha value is -2.56. The van der Waals surface area contributed by atoms with Crippen LogP contribution in [-0.2, 0) is 21.2 Å². The van der Waals surface area contributed by atoms with Crippen molar-refractivity contribution >= 4 is 21.7 Å². The molecule has 0 radical (unpaired) electrons. The Kier molecular flexibility index (Phi) is 4.31. The number of hydrogen-bond donors (Lipinski definition) is 0. The summed E-state index contributed by atoms with van der Waals surface area (Å²) >= 11 is 0. The molecule has 0 aliphatic carbocycles. The van der Waals surface area contributed by atoms with Crippen LogP contribution in [0.15, 0.2) is 31.1 Å². The molecule has 0 aromatic carbocycles. The van der Waals surface area contributed by atoms with Gasteiger partial charge in [-0.1, -0.05) is 0 Å². The lowest BCUT2D eigenvalue weighted by Gasteiger charge is -2.43. The summed E-state index contributed by atoms with van der Waals surface area (Å²) in [4.78, 5) is 24.8. The van der Waals surface area contributed by atoms with E-state index in [-0.39, 0.29) is 35.9 Å². The van der Waals surface area contributed by atoms with E-state index in [0.29, 0.717) is 25.6 Å². The normalized spacial score (nSPS) is 24.5. The molecule has 2 aromatic rings. The van der Waals surface area contributed by atoms with Crippen molar-refractivity contribution in [2.45, 2.75) is 25.0 Å². The molecule has 11 heteroatoms. The molecule has 0 bridgehead atoms. The van der Waals surface area contributed by atoms with Crippen LogP contribution < -0.4 is 4.90 Å². The second-order valence-corrected chi connectivity index (χ2v) is 8.64. The number of anilines is 1. The molecular formula is C15H19N7O3S. The number of nitrogens with zero attached hydrogens (tertiary/aromatic N) is 7. The number of amides is 1. The van der Waals surface area contributed by atoms with E-state index in [0.717, 1.165) is 0 Å². The number of hydrogen-bond acceptors (Lipinski definition) is 8. The van der Waals surface area contributed by atoms with Gasteiger partial charge in [0.15, 0.2) is 9.84 Å². The van der Waals surface area contributed by atoms with E-state index in [1.165, 1.54) is 0 Å². The van der Waals surface area contributed by atoms with Crippen LogP contribution in [0.1, 0.15) is 6.42 Å². The number of fused-ring (bicyclic) bond motifs is 1. The van der Waals surface area contributed by atoms with E-state index in [4.69, 9.17) is 0 Å². The first kappa shape index (κ1) is 16.9. The van der Waals surface area contributed by atoms with Crippen LogP contribution >= 0.6 is 0 Å². The smallest absolute Gasteiger partial charge is 0.225 e. The average Bonchev–Trinajstić information content (AvgIpc) is 3.25. The highest BCUT2D eigenvalue weighted by Crippen LogP contribution is 2.29. The first-order valence-corrected chi connectivity index (χ1v) is 10.2. The molecule has 0 spiro atoms. The number of carbonyl (C=O) groups excluding carboxylic acids is 1. The molecule has 2 aliphatic rings. The van der Waals surface area contributed by atoms with E-state index >= 15 is 0 Å². The minimum absolute atomic E-state index is 0.0145. The highest BCUT2D eigenvalue weighted by Gasteiger charge is 2.48. The number of carbonyl (C=O) groups is 1. The molecule has 2 atom stereocenters. The fourth-order valence-corrected chi connectivity index (χ4v) is 5.64. The van der Waals surface area contributed by atoms with Gasteiger partial charge < -0.3 is 14.4 Å². The van der Waals surface area contributed by atoms with Crippen molar-refractivity contribution in [2.75, 3.05) is 29.5 Å². The summed E-state index contributed by atoms with van der Waals surface area (Å²) in [5, 5.41) is 7.43. The van der Waals surface area contributed by atoms with Crippen molar-refractivity contribution in [3.8, 4) is 0 Å². The van der Waals surface area contributed by atoms with Crippen molar-refractivity contribution in [3.05, 3.63) is 31.1 Å². The zero-order valence-corrected chi connectivity index (χ0v) is 14.9. The molecule has 0 saturated carbocycles. The number of piperazine rings is 1. The van der Waals surface area contributed by atoms with Crippen molar-refractivity contribution in [2.24, 2.45) is 0 Å². The summed E-state index contributed by atoms with van der Waals surface area (Å²) in [7, 11) is -3.21. The topological polar surface area (TPSA) is 114 Å². The number of aryl methyl sites for hydroxylation is 1. The van der Waals surface area contributed by atoms with E-state index in [1.807, 2.05) is 4.90 Å². The van der Waals surface area contributed by atoms with E-state index in [2.05, 4.69) is 20.2 Å². The van der Waals surface area contributed by atoms with Gasteiger partial charge in [-0.05, 0) is 6.07 Å². The van der Waals surface area contributed by atoms with Crippen molar-refractivity contribution in [3.63, 3.8) is 0 Å². The minimum Gasteiger partial charge on any atom is -0.335 e. The SMILES string of the molecule is O=C(CCn1cnnc1)N1CCN(c2ncccn2)[C@@H]2CS(=O)(=O)C[C@@H]21. The van der Waals surface area contributed by atoms with Gasteiger partial charge in [0, 0.05) is 38.4 Å². The van der Waals surface area contributed by atoms with E-state index in [1.54, 1.807) is 40.6 Å². The molecule has 2 aliphatic heterocycles. The van der Waals surface area contributed by atoms with Gasteiger partial charge >= 0.3 is 0 Å². The first-order valence-electron chi connectivity index (χ1n) is 8.39. The second kappa shape index (κ2) is 6.63. The van der Waals surface area contributed by atoms with Crippen LogP contribution in [0.2, 0.25) is 0 Å². The van der Waals surface area contributed by atoms with Gasteiger partial charge in [-0.2, -0.15) is 0 Å². The van der Waals surface area contributed by atoms with Gasteiger partial charge in [-0.25, -0.2) is 18.4 Å². The molecule has 10 nitrogen and oxygen atoms in total. The third kappa shape index (κ3) is 3.26. The predicted molar refractivity (Wildman–Crippen MR) is 92.0 cm³/mol. The summed E-state index contributed by atoms with van der Waals surface area (Å²) in [6.07, 6.45) is 6.67. The minimum atomic E-state index is -3.21. The molecule has 0 N–H and O–H groups in total.